The van der Waals surface area contributed by atoms with Gasteiger partial charge in [-0.15, -0.1) is 0 Å². The van der Waals surface area contributed by atoms with Crippen molar-refractivity contribution in [2.45, 2.75) is 45.4 Å². The molecule has 0 saturated carbocycles. The largest absolute Gasteiger partial charge is 0.545 e. The predicted molar refractivity (Wildman–Crippen MR) is 77.5 cm³/mol. The van der Waals surface area contributed by atoms with Crippen LogP contribution in [0.5, 0.6) is 0 Å². The zero-order valence-electron chi connectivity index (χ0n) is 13.0. The summed E-state index contributed by atoms with van der Waals surface area (Å²) in [5.74, 6) is -1.09. The van der Waals surface area contributed by atoms with Crippen molar-refractivity contribution < 1.29 is 19.5 Å². The van der Waals surface area contributed by atoms with Crippen LogP contribution in [-0.2, 0) is 4.79 Å². The van der Waals surface area contributed by atoms with Crippen LogP contribution < -0.4 is 5.11 Å². The van der Waals surface area contributed by atoms with E-state index in [1.165, 1.54) is 25.7 Å². The lowest BCUT2D eigenvalue weighted by Crippen LogP contribution is -2.36. The van der Waals surface area contributed by atoms with E-state index < -0.39 is 5.97 Å². The molecule has 0 heterocycles. The third kappa shape index (κ3) is 26.7. The van der Waals surface area contributed by atoms with Crippen LogP contribution >= 0.6 is 0 Å². The number of rotatable bonds is 9. The second kappa shape index (κ2) is 13.6. The minimum absolute atomic E-state index is 0.281. The first kappa shape index (κ1) is 20.4. The SMILES string of the molecule is CCCCCCCC=CC(=O)[O-].C[N+](C)(C)CCO. The Morgan fingerprint density at radius 3 is 2.11 bits per heavy atom. The fourth-order valence-corrected chi connectivity index (χ4v) is 1.35. The Hall–Kier alpha value is -0.870. The number of nitrogens with zero attached hydrogens (tertiary/aromatic N) is 1. The average Bonchev–Trinajstić information content (AvgIpc) is 2.27. The molecule has 0 aromatic carbocycles. The van der Waals surface area contributed by atoms with Gasteiger partial charge in [0, 0.05) is 0 Å². The highest BCUT2D eigenvalue weighted by Crippen LogP contribution is 2.04. The van der Waals surface area contributed by atoms with E-state index in [-0.39, 0.29) is 6.61 Å². The second-order valence-electron chi connectivity index (χ2n) is 5.66. The average molecular weight is 273 g/mol. The van der Waals surface area contributed by atoms with Crippen LogP contribution in [0.25, 0.3) is 0 Å². The second-order valence-corrected chi connectivity index (χ2v) is 5.66. The number of carboxylic acids is 1. The lowest BCUT2D eigenvalue weighted by Gasteiger charge is -2.21. The number of aliphatic hydroxyl groups excluding tert-OH is 1. The van der Waals surface area contributed by atoms with Gasteiger partial charge < -0.3 is 19.5 Å². The van der Waals surface area contributed by atoms with Gasteiger partial charge in [-0.05, 0) is 18.9 Å². The molecule has 0 rings (SSSR count). The monoisotopic (exact) mass is 273 g/mol. The molecular weight excluding hydrogens is 242 g/mol. The first-order valence-corrected chi connectivity index (χ1v) is 7.12. The Bertz CT molecular complexity index is 232. The Morgan fingerprint density at radius 2 is 1.74 bits per heavy atom. The van der Waals surface area contributed by atoms with Crippen molar-refractivity contribution in [3.05, 3.63) is 12.2 Å². The molecule has 0 radical (unpaired) electrons. The standard InChI is InChI=1S/C10H18O2.C5H14NO/c1-2-3-4-5-6-7-8-9-10(11)12;1-6(2,3)4-5-7/h8-9H,2-7H2,1H3,(H,11,12);7H,4-5H2,1-3H3/q;+1/p-1. The van der Waals surface area contributed by atoms with Crippen LogP contribution in [0.3, 0.4) is 0 Å². The van der Waals surface area contributed by atoms with Gasteiger partial charge in [-0.25, -0.2) is 0 Å². The van der Waals surface area contributed by atoms with E-state index in [1.807, 2.05) is 0 Å². The number of unbranched alkanes of at least 4 members (excludes halogenated alkanes) is 5. The quantitative estimate of drug-likeness (QED) is 0.392. The van der Waals surface area contributed by atoms with E-state index in [1.54, 1.807) is 6.08 Å². The van der Waals surface area contributed by atoms with E-state index in [0.717, 1.165) is 29.9 Å². The van der Waals surface area contributed by atoms with Crippen molar-refractivity contribution in [1.82, 2.24) is 0 Å². The molecule has 0 aliphatic carbocycles. The van der Waals surface area contributed by atoms with Gasteiger partial charge in [-0.2, -0.15) is 0 Å². The zero-order valence-corrected chi connectivity index (χ0v) is 13.0. The fraction of sp³-hybridized carbons (Fsp3) is 0.800. The van der Waals surface area contributed by atoms with Gasteiger partial charge in [0.15, 0.2) is 0 Å². The third-order valence-corrected chi connectivity index (χ3v) is 2.50. The van der Waals surface area contributed by atoms with Crippen LogP contribution in [0.1, 0.15) is 45.4 Å². The molecule has 0 aliphatic rings. The summed E-state index contributed by atoms with van der Waals surface area (Å²) in [4.78, 5) is 9.94. The number of aliphatic hydroxyl groups is 1. The number of hydrogen-bond donors (Lipinski definition) is 1. The summed E-state index contributed by atoms with van der Waals surface area (Å²) in [6, 6.07) is 0. The number of allylic oxidation sites excluding steroid dienone is 1. The fourth-order valence-electron chi connectivity index (χ4n) is 1.35. The van der Waals surface area contributed by atoms with Gasteiger partial charge in [-0.3, -0.25) is 0 Å². The molecule has 4 nitrogen and oxygen atoms in total. The van der Waals surface area contributed by atoms with Crippen LogP contribution in [0, 0.1) is 0 Å². The molecule has 0 unspecified atom stereocenters. The Kier molecular flexibility index (Phi) is 14.6. The maximum atomic E-state index is 9.94. The van der Waals surface area contributed by atoms with E-state index in [2.05, 4.69) is 28.1 Å². The normalized spacial score (nSPS) is 11.2. The predicted octanol–water partition coefficient (Wildman–Crippen LogP) is 1.34. The number of carbonyl (C=O) groups excluding carboxylic acids is 1. The number of aliphatic carboxylic acids is 1. The molecule has 0 aromatic rings. The summed E-state index contributed by atoms with van der Waals surface area (Å²) in [6.07, 6.45) is 9.71. The van der Waals surface area contributed by atoms with Gasteiger partial charge in [0.1, 0.15) is 6.54 Å². The van der Waals surface area contributed by atoms with Crippen molar-refractivity contribution in [2.75, 3.05) is 34.3 Å². The Balaban J connectivity index is 0. The summed E-state index contributed by atoms with van der Waals surface area (Å²) < 4.78 is 0.844. The topological polar surface area (TPSA) is 60.4 Å². The highest BCUT2D eigenvalue weighted by molar-refractivity contribution is 5.77. The molecule has 114 valence electrons. The maximum Gasteiger partial charge on any atom is 0.101 e. The van der Waals surface area contributed by atoms with E-state index >= 15 is 0 Å². The van der Waals surface area contributed by atoms with Gasteiger partial charge in [0.25, 0.3) is 0 Å². The maximum absolute atomic E-state index is 9.94. The molecule has 0 saturated heterocycles. The molecule has 1 N–H and O–H groups in total. The first-order chi connectivity index (χ1) is 8.83. The van der Waals surface area contributed by atoms with Crippen molar-refractivity contribution in [1.29, 1.82) is 0 Å². The van der Waals surface area contributed by atoms with E-state index in [0.29, 0.717) is 0 Å². The lowest BCUT2D eigenvalue weighted by molar-refractivity contribution is -0.870. The van der Waals surface area contributed by atoms with Crippen LogP contribution in [0.15, 0.2) is 12.2 Å². The summed E-state index contributed by atoms with van der Waals surface area (Å²) in [5, 5.41) is 18.3. The number of quaternary nitrogens is 1. The summed E-state index contributed by atoms with van der Waals surface area (Å²) in [7, 11) is 6.16. The molecular formula is C15H31NO3. The van der Waals surface area contributed by atoms with Crippen molar-refractivity contribution >= 4 is 5.97 Å². The third-order valence-electron chi connectivity index (χ3n) is 2.50. The van der Waals surface area contributed by atoms with Crippen molar-refractivity contribution in [3.63, 3.8) is 0 Å². The minimum Gasteiger partial charge on any atom is -0.545 e. The summed E-state index contributed by atoms with van der Waals surface area (Å²) in [5.41, 5.74) is 0. The summed E-state index contributed by atoms with van der Waals surface area (Å²) >= 11 is 0. The lowest BCUT2D eigenvalue weighted by atomic mass is 10.1. The Morgan fingerprint density at radius 1 is 1.16 bits per heavy atom. The molecule has 0 aliphatic heterocycles. The molecule has 0 spiro atoms. The number of likely N-dealkylation sites (N-methyl/N-ethyl adjacent to an activating group) is 1. The highest BCUT2D eigenvalue weighted by Gasteiger charge is 2.02. The molecule has 0 bridgehead atoms. The van der Waals surface area contributed by atoms with E-state index in [4.69, 9.17) is 5.11 Å². The molecule has 0 amide bonds. The molecule has 0 aromatic heterocycles. The van der Waals surface area contributed by atoms with Crippen LogP contribution in [-0.4, -0.2) is 49.9 Å². The number of carboxylic acid groups (broad SMARTS) is 1. The molecule has 4 heteroatoms. The molecule has 0 fully saturated rings. The van der Waals surface area contributed by atoms with Gasteiger partial charge in [-0.1, -0.05) is 38.7 Å². The van der Waals surface area contributed by atoms with Crippen molar-refractivity contribution in [3.8, 4) is 0 Å². The number of carbonyl (C=O) groups is 1. The van der Waals surface area contributed by atoms with Gasteiger partial charge in [0.05, 0.1) is 33.7 Å². The van der Waals surface area contributed by atoms with Crippen LogP contribution in [0.2, 0.25) is 0 Å². The highest BCUT2D eigenvalue weighted by atomic mass is 16.4. The number of hydrogen-bond acceptors (Lipinski definition) is 3. The van der Waals surface area contributed by atoms with Gasteiger partial charge in [0.2, 0.25) is 0 Å². The Labute approximate surface area is 118 Å². The summed E-state index contributed by atoms with van der Waals surface area (Å²) in [6.45, 7) is 3.29. The van der Waals surface area contributed by atoms with E-state index in [9.17, 15) is 9.90 Å². The molecule has 0 atom stereocenters. The zero-order chi connectivity index (χ0) is 15.1. The van der Waals surface area contributed by atoms with Gasteiger partial charge >= 0.3 is 0 Å². The van der Waals surface area contributed by atoms with Crippen molar-refractivity contribution in [2.24, 2.45) is 0 Å². The first-order valence-electron chi connectivity index (χ1n) is 7.12. The molecule has 19 heavy (non-hydrogen) atoms. The minimum atomic E-state index is -1.09. The smallest absolute Gasteiger partial charge is 0.101 e. The van der Waals surface area contributed by atoms with Crippen LogP contribution in [0.4, 0.5) is 0 Å².